The van der Waals surface area contributed by atoms with Gasteiger partial charge in [-0.1, -0.05) is 25.5 Å². The van der Waals surface area contributed by atoms with Crippen molar-refractivity contribution in [1.29, 1.82) is 0 Å². The molecule has 0 aromatic rings. The van der Waals surface area contributed by atoms with Gasteiger partial charge in [0.2, 0.25) is 0 Å². The van der Waals surface area contributed by atoms with E-state index in [1.54, 1.807) is 6.08 Å². The van der Waals surface area contributed by atoms with Crippen molar-refractivity contribution in [2.75, 3.05) is 12.8 Å². The standard InChI is InChI=1S/C10H14F3N.CH4O3S/c1-2-3-7-14-8-5-4-6-9(14)10(11,12)13;1-5(2,3)4/h4-6,8-9H,2-3,7H2,1H3;1H3,(H,2,3,4). The van der Waals surface area contributed by atoms with Gasteiger partial charge in [0, 0.05) is 6.54 Å². The number of hydrogen-bond acceptors (Lipinski definition) is 3. The largest absolute Gasteiger partial charge is 0.412 e. The molecule has 1 aliphatic heterocycles. The lowest BCUT2D eigenvalue weighted by atomic mass is 10.1. The second-order valence-electron chi connectivity index (χ2n) is 4.04. The third-order valence-electron chi connectivity index (χ3n) is 2.14. The Morgan fingerprint density at radius 1 is 1.32 bits per heavy atom. The molecule has 19 heavy (non-hydrogen) atoms. The van der Waals surface area contributed by atoms with Gasteiger partial charge < -0.3 is 4.90 Å². The van der Waals surface area contributed by atoms with Crippen LogP contribution in [0.25, 0.3) is 0 Å². The summed E-state index contributed by atoms with van der Waals surface area (Å²) in [5.41, 5.74) is 0. The maximum atomic E-state index is 12.5. The molecule has 0 saturated carbocycles. The van der Waals surface area contributed by atoms with E-state index >= 15 is 0 Å². The Morgan fingerprint density at radius 2 is 1.84 bits per heavy atom. The number of alkyl halides is 3. The number of allylic oxidation sites excluding steroid dienone is 2. The summed E-state index contributed by atoms with van der Waals surface area (Å²) in [6, 6.07) is -1.45. The Balaban J connectivity index is 0.000000555. The van der Waals surface area contributed by atoms with Crippen LogP contribution in [-0.4, -0.2) is 42.9 Å². The molecule has 0 spiro atoms. The summed E-state index contributed by atoms with van der Waals surface area (Å²) >= 11 is 0. The molecule has 4 nitrogen and oxygen atoms in total. The summed E-state index contributed by atoms with van der Waals surface area (Å²) in [4.78, 5) is 1.34. The number of nitrogens with zero attached hydrogens (tertiary/aromatic N) is 1. The van der Waals surface area contributed by atoms with Crippen LogP contribution in [0.4, 0.5) is 13.2 Å². The van der Waals surface area contributed by atoms with E-state index < -0.39 is 22.3 Å². The molecule has 0 fully saturated rings. The molecule has 0 aromatic heterocycles. The third kappa shape index (κ3) is 9.54. The molecule has 0 aliphatic carbocycles. The normalized spacial score (nSPS) is 19.1. The van der Waals surface area contributed by atoms with Crippen LogP contribution in [0.3, 0.4) is 0 Å². The Bertz CT molecular complexity index is 407. The summed E-state index contributed by atoms with van der Waals surface area (Å²) in [7, 11) is -3.67. The molecule has 8 heteroatoms. The van der Waals surface area contributed by atoms with Gasteiger partial charge in [0.1, 0.15) is 6.04 Å². The predicted octanol–water partition coefficient (Wildman–Crippen LogP) is 2.61. The topological polar surface area (TPSA) is 57.6 Å². The molecule has 1 unspecified atom stereocenters. The zero-order valence-corrected chi connectivity index (χ0v) is 11.6. The van der Waals surface area contributed by atoms with E-state index in [9.17, 15) is 21.6 Å². The van der Waals surface area contributed by atoms with Gasteiger partial charge in [-0.25, -0.2) is 0 Å². The monoisotopic (exact) mass is 301 g/mol. The Labute approximate surface area is 111 Å². The zero-order valence-electron chi connectivity index (χ0n) is 10.8. The minimum atomic E-state index is -4.17. The van der Waals surface area contributed by atoms with Gasteiger partial charge in [0.05, 0.1) is 6.26 Å². The summed E-state index contributed by atoms with van der Waals surface area (Å²) in [6.45, 7) is 2.42. The van der Waals surface area contributed by atoms with Crippen LogP contribution in [-0.2, 0) is 10.1 Å². The molecule has 0 aromatic carbocycles. The maximum absolute atomic E-state index is 12.5. The molecular formula is C11H18F3NO3S. The fourth-order valence-electron chi connectivity index (χ4n) is 1.38. The van der Waals surface area contributed by atoms with Crippen molar-refractivity contribution in [1.82, 2.24) is 4.90 Å². The van der Waals surface area contributed by atoms with E-state index in [1.807, 2.05) is 6.92 Å². The summed E-state index contributed by atoms with van der Waals surface area (Å²) in [6.07, 6.45) is 4.01. The minimum Gasteiger partial charge on any atom is -0.363 e. The number of rotatable bonds is 3. The third-order valence-corrected chi connectivity index (χ3v) is 2.14. The van der Waals surface area contributed by atoms with Crippen molar-refractivity contribution in [3.8, 4) is 0 Å². The lowest BCUT2D eigenvalue weighted by Gasteiger charge is -2.31. The molecule has 1 heterocycles. The van der Waals surface area contributed by atoms with Crippen molar-refractivity contribution >= 4 is 10.1 Å². The maximum Gasteiger partial charge on any atom is 0.412 e. The highest BCUT2D eigenvalue weighted by Gasteiger charge is 2.41. The SMILES string of the molecule is CCCCN1C=CC=CC1C(F)(F)F.CS(=O)(=O)O. The number of halogens is 3. The van der Waals surface area contributed by atoms with E-state index in [0.717, 1.165) is 12.8 Å². The quantitative estimate of drug-likeness (QED) is 0.814. The van der Waals surface area contributed by atoms with Crippen LogP contribution in [0, 0.1) is 0 Å². The van der Waals surface area contributed by atoms with Crippen LogP contribution in [0.15, 0.2) is 24.4 Å². The second-order valence-corrected chi connectivity index (χ2v) is 5.50. The first-order chi connectivity index (χ1) is 8.55. The molecule has 0 amide bonds. The molecule has 0 radical (unpaired) electrons. The van der Waals surface area contributed by atoms with Crippen molar-refractivity contribution in [2.45, 2.75) is 32.0 Å². The molecule has 1 atom stereocenters. The van der Waals surface area contributed by atoms with Gasteiger partial charge in [0.25, 0.3) is 10.1 Å². The van der Waals surface area contributed by atoms with Crippen molar-refractivity contribution < 1.29 is 26.1 Å². The first-order valence-corrected chi connectivity index (χ1v) is 7.50. The smallest absolute Gasteiger partial charge is 0.363 e. The molecule has 1 N–H and O–H groups in total. The highest BCUT2D eigenvalue weighted by molar-refractivity contribution is 7.85. The number of unbranched alkanes of at least 4 members (excludes halogenated alkanes) is 1. The fraction of sp³-hybridized carbons (Fsp3) is 0.636. The van der Waals surface area contributed by atoms with Gasteiger partial charge in [-0.05, 0) is 18.7 Å². The fourth-order valence-corrected chi connectivity index (χ4v) is 1.38. The van der Waals surface area contributed by atoms with E-state index in [0.29, 0.717) is 12.8 Å². The zero-order chi connectivity index (χ0) is 15.1. The average molecular weight is 301 g/mol. The van der Waals surface area contributed by atoms with E-state index in [-0.39, 0.29) is 0 Å². The van der Waals surface area contributed by atoms with Crippen LogP contribution < -0.4 is 0 Å². The lowest BCUT2D eigenvalue weighted by molar-refractivity contribution is -0.164. The Morgan fingerprint density at radius 3 is 2.26 bits per heavy atom. The van der Waals surface area contributed by atoms with E-state index in [2.05, 4.69) is 0 Å². The number of hydrogen-bond donors (Lipinski definition) is 1. The minimum absolute atomic E-state index is 0.460. The lowest BCUT2D eigenvalue weighted by Crippen LogP contribution is -2.42. The first kappa shape index (κ1) is 18.0. The van der Waals surface area contributed by atoms with E-state index in [1.165, 1.54) is 23.3 Å². The van der Waals surface area contributed by atoms with Crippen LogP contribution in [0.1, 0.15) is 19.8 Å². The molecule has 1 rings (SSSR count). The highest BCUT2D eigenvalue weighted by Crippen LogP contribution is 2.28. The molecular weight excluding hydrogens is 283 g/mol. The van der Waals surface area contributed by atoms with E-state index in [4.69, 9.17) is 4.55 Å². The van der Waals surface area contributed by atoms with Crippen LogP contribution in [0.5, 0.6) is 0 Å². The van der Waals surface area contributed by atoms with Crippen LogP contribution in [0.2, 0.25) is 0 Å². The average Bonchev–Trinajstić information content (AvgIpc) is 2.23. The van der Waals surface area contributed by atoms with Gasteiger partial charge >= 0.3 is 6.18 Å². The van der Waals surface area contributed by atoms with Gasteiger partial charge in [-0.2, -0.15) is 21.6 Å². The predicted molar refractivity (Wildman–Crippen MR) is 67.2 cm³/mol. The Hall–Kier alpha value is -1.02. The van der Waals surface area contributed by atoms with Crippen molar-refractivity contribution in [2.24, 2.45) is 0 Å². The summed E-state index contributed by atoms with van der Waals surface area (Å²) in [5.74, 6) is 0. The Kier molecular flexibility index (Phi) is 7.14. The molecule has 112 valence electrons. The van der Waals surface area contributed by atoms with Gasteiger partial charge in [-0.15, -0.1) is 0 Å². The summed E-state index contributed by atoms with van der Waals surface area (Å²) < 4.78 is 63.3. The second kappa shape index (κ2) is 7.54. The van der Waals surface area contributed by atoms with Gasteiger partial charge in [0.15, 0.2) is 0 Å². The van der Waals surface area contributed by atoms with Gasteiger partial charge in [-0.3, -0.25) is 4.55 Å². The molecule has 1 aliphatic rings. The molecule has 0 saturated heterocycles. The van der Waals surface area contributed by atoms with Crippen molar-refractivity contribution in [3.05, 3.63) is 24.4 Å². The highest BCUT2D eigenvalue weighted by atomic mass is 32.2. The van der Waals surface area contributed by atoms with Crippen LogP contribution >= 0.6 is 0 Å². The molecule has 0 bridgehead atoms. The van der Waals surface area contributed by atoms with Crippen molar-refractivity contribution in [3.63, 3.8) is 0 Å². The first-order valence-electron chi connectivity index (χ1n) is 5.65. The summed E-state index contributed by atoms with van der Waals surface area (Å²) in [5, 5.41) is 0.